The zero-order valence-electron chi connectivity index (χ0n) is 8.50. The Hall–Kier alpha value is -0.290. The van der Waals surface area contributed by atoms with E-state index >= 15 is 0 Å². The van der Waals surface area contributed by atoms with Gasteiger partial charge in [-0.05, 0) is 29.1 Å². The molecule has 0 amide bonds. The van der Waals surface area contributed by atoms with Crippen LogP contribution in [0.25, 0.3) is 0 Å². The number of nitrogens with zero attached hydrogens (tertiary/aromatic N) is 2. The van der Waals surface area contributed by atoms with Crippen LogP contribution in [-0.2, 0) is 18.3 Å². The fourth-order valence-electron chi connectivity index (χ4n) is 1.27. The van der Waals surface area contributed by atoms with Gasteiger partial charge in [0.1, 0.15) is 5.78 Å². The quantitative estimate of drug-likeness (QED) is 0.844. The summed E-state index contributed by atoms with van der Waals surface area (Å²) >= 11 is 4.99. The molecule has 0 unspecified atom stereocenters. The average Bonchev–Trinajstić information content (AvgIpc) is 2.33. The summed E-state index contributed by atoms with van der Waals surface area (Å²) in [5, 5.41) is 4.23. The Morgan fingerprint density at radius 3 is 2.71 bits per heavy atom. The van der Waals surface area contributed by atoms with Crippen molar-refractivity contribution in [3.8, 4) is 0 Å². The summed E-state index contributed by atoms with van der Waals surface area (Å²) in [5.41, 5.74) is 1.89. The van der Waals surface area contributed by atoms with Crippen molar-refractivity contribution < 1.29 is 4.79 Å². The number of aromatic nitrogens is 2. The first-order valence-electron chi connectivity index (χ1n) is 4.25. The Bertz CT molecular complexity index is 349. The molecule has 0 saturated carbocycles. The van der Waals surface area contributed by atoms with Gasteiger partial charge in [0.05, 0.1) is 28.0 Å². The van der Waals surface area contributed by atoms with E-state index in [4.69, 9.17) is 0 Å². The van der Waals surface area contributed by atoms with Crippen LogP contribution >= 0.6 is 27.7 Å². The summed E-state index contributed by atoms with van der Waals surface area (Å²) in [6.45, 7) is 1.92. The molecular weight excluding hydrogens is 264 g/mol. The lowest BCUT2D eigenvalue weighted by atomic mass is 10.2. The van der Waals surface area contributed by atoms with Gasteiger partial charge in [-0.15, -0.1) is 0 Å². The fraction of sp³-hybridized carbons (Fsp3) is 0.556. The number of hydrogen-bond acceptors (Lipinski definition) is 3. The van der Waals surface area contributed by atoms with Gasteiger partial charge in [-0.3, -0.25) is 9.48 Å². The molecule has 0 bridgehead atoms. The van der Waals surface area contributed by atoms with E-state index in [0.29, 0.717) is 12.2 Å². The average molecular weight is 277 g/mol. The maximum atomic E-state index is 11.4. The molecular formula is C9H13BrN2OS. The summed E-state index contributed by atoms with van der Waals surface area (Å²) in [7, 11) is 1.86. The van der Waals surface area contributed by atoms with Crippen molar-refractivity contribution in [1.82, 2.24) is 9.78 Å². The number of ketones is 1. The van der Waals surface area contributed by atoms with Crippen LogP contribution in [0.15, 0.2) is 4.47 Å². The van der Waals surface area contributed by atoms with Crippen LogP contribution in [0.5, 0.6) is 0 Å². The number of rotatable bonds is 4. The minimum absolute atomic E-state index is 0.237. The Morgan fingerprint density at radius 2 is 2.29 bits per heavy atom. The van der Waals surface area contributed by atoms with E-state index < -0.39 is 0 Å². The topological polar surface area (TPSA) is 34.9 Å². The number of Topliss-reactive ketones (excluding diaryl/α,β-unsaturated/α-hetero) is 1. The molecule has 1 aromatic heterocycles. The Balaban J connectivity index is 2.81. The second-order valence-corrected chi connectivity index (χ2v) is 4.78. The highest BCUT2D eigenvalue weighted by Crippen LogP contribution is 2.20. The molecule has 14 heavy (non-hydrogen) atoms. The predicted octanol–water partition coefficient (Wildman–Crippen LogP) is 1.97. The third-order valence-corrected chi connectivity index (χ3v) is 3.57. The van der Waals surface area contributed by atoms with Gasteiger partial charge in [-0.1, -0.05) is 0 Å². The molecule has 0 aliphatic carbocycles. The molecule has 5 heteroatoms. The number of carbonyl (C=O) groups excluding carboxylic acids is 1. The standard InChI is InChI=1S/C9H13BrN2OS/c1-6-9(10)8(12(2)11-6)4-7(13)5-14-3/h4-5H2,1-3H3. The Morgan fingerprint density at radius 1 is 1.64 bits per heavy atom. The fourth-order valence-corrected chi connectivity index (χ4v) is 2.17. The lowest BCUT2D eigenvalue weighted by Crippen LogP contribution is -2.09. The van der Waals surface area contributed by atoms with Crippen molar-refractivity contribution in [3.05, 3.63) is 15.9 Å². The molecule has 1 aromatic rings. The number of halogens is 1. The first-order valence-corrected chi connectivity index (χ1v) is 6.43. The second kappa shape index (κ2) is 4.98. The summed E-state index contributed by atoms with van der Waals surface area (Å²) in [5.74, 6) is 0.803. The molecule has 0 aromatic carbocycles. The first-order chi connectivity index (χ1) is 6.56. The SMILES string of the molecule is CSCC(=O)Cc1c(Br)c(C)nn1C. The first kappa shape index (κ1) is 11.8. The highest BCUT2D eigenvalue weighted by molar-refractivity contribution is 9.10. The van der Waals surface area contributed by atoms with Gasteiger partial charge in [-0.25, -0.2) is 0 Å². The maximum Gasteiger partial charge on any atom is 0.148 e. The van der Waals surface area contributed by atoms with Crippen molar-refractivity contribution >= 4 is 33.5 Å². The number of thioether (sulfide) groups is 1. The molecule has 78 valence electrons. The highest BCUT2D eigenvalue weighted by atomic mass is 79.9. The maximum absolute atomic E-state index is 11.4. The highest BCUT2D eigenvalue weighted by Gasteiger charge is 2.13. The third kappa shape index (κ3) is 2.60. The van der Waals surface area contributed by atoms with Crippen LogP contribution in [0.1, 0.15) is 11.4 Å². The Kier molecular flexibility index (Phi) is 4.19. The molecule has 0 saturated heterocycles. The lowest BCUT2D eigenvalue weighted by molar-refractivity contribution is -0.116. The van der Waals surface area contributed by atoms with E-state index in [0.717, 1.165) is 15.9 Å². The van der Waals surface area contributed by atoms with Crippen molar-refractivity contribution in [2.45, 2.75) is 13.3 Å². The van der Waals surface area contributed by atoms with Crippen molar-refractivity contribution in [2.24, 2.45) is 7.05 Å². The molecule has 3 nitrogen and oxygen atoms in total. The third-order valence-electron chi connectivity index (χ3n) is 1.93. The molecule has 0 aliphatic heterocycles. The van der Waals surface area contributed by atoms with E-state index in [1.165, 1.54) is 0 Å². The molecule has 1 rings (SSSR count). The van der Waals surface area contributed by atoms with Crippen molar-refractivity contribution in [3.63, 3.8) is 0 Å². The molecule has 0 fully saturated rings. The predicted molar refractivity (Wildman–Crippen MR) is 62.7 cm³/mol. The van der Waals surface area contributed by atoms with Crippen LogP contribution in [0.3, 0.4) is 0 Å². The summed E-state index contributed by atoms with van der Waals surface area (Å²) in [6.07, 6.45) is 2.39. The molecule has 0 spiro atoms. The van der Waals surface area contributed by atoms with E-state index in [9.17, 15) is 4.79 Å². The molecule has 0 atom stereocenters. The minimum atomic E-state index is 0.237. The summed E-state index contributed by atoms with van der Waals surface area (Å²) < 4.78 is 2.71. The van der Waals surface area contributed by atoms with Crippen molar-refractivity contribution in [1.29, 1.82) is 0 Å². The van der Waals surface area contributed by atoms with Gasteiger partial charge >= 0.3 is 0 Å². The smallest absolute Gasteiger partial charge is 0.148 e. The van der Waals surface area contributed by atoms with E-state index in [-0.39, 0.29) is 5.78 Å². The van der Waals surface area contributed by atoms with Crippen LogP contribution in [0.4, 0.5) is 0 Å². The van der Waals surface area contributed by atoms with Gasteiger partial charge in [0.2, 0.25) is 0 Å². The normalized spacial score (nSPS) is 10.6. The zero-order chi connectivity index (χ0) is 10.7. The van der Waals surface area contributed by atoms with Gasteiger partial charge in [0.15, 0.2) is 0 Å². The van der Waals surface area contributed by atoms with E-state index in [1.807, 2.05) is 20.2 Å². The van der Waals surface area contributed by atoms with Gasteiger partial charge in [0.25, 0.3) is 0 Å². The second-order valence-electron chi connectivity index (χ2n) is 3.12. The largest absolute Gasteiger partial charge is 0.298 e. The summed E-state index contributed by atoms with van der Waals surface area (Å²) in [6, 6.07) is 0. The lowest BCUT2D eigenvalue weighted by Gasteiger charge is -2.01. The van der Waals surface area contributed by atoms with Crippen LogP contribution in [0.2, 0.25) is 0 Å². The van der Waals surface area contributed by atoms with Crippen molar-refractivity contribution in [2.75, 3.05) is 12.0 Å². The van der Waals surface area contributed by atoms with Crippen LogP contribution in [-0.4, -0.2) is 27.6 Å². The van der Waals surface area contributed by atoms with Crippen LogP contribution < -0.4 is 0 Å². The molecule has 0 N–H and O–H groups in total. The molecule has 0 radical (unpaired) electrons. The molecule has 0 aliphatic rings. The molecule has 1 heterocycles. The van der Waals surface area contributed by atoms with E-state index in [1.54, 1.807) is 16.4 Å². The van der Waals surface area contributed by atoms with Gasteiger partial charge in [-0.2, -0.15) is 16.9 Å². The minimum Gasteiger partial charge on any atom is -0.298 e. The number of carbonyl (C=O) groups is 1. The van der Waals surface area contributed by atoms with Gasteiger partial charge < -0.3 is 0 Å². The number of hydrogen-bond donors (Lipinski definition) is 0. The number of aryl methyl sites for hydroxylation is 2. The van der Waals surface area contributed by atoms with E-state index in [2.05, 4.69) is 21.0 Å². The van der Waals surface area contributed by atoms with Crippen LogP contribution in [0, 0.1) is 6.92 Å². The zero-order valence-corrected chi connectivity index (χ0v) is 10.9. The Labute approximate surface area is 96.4 Å². The van der Waals surface area contributed by atoms with Gasteiger partial charge in [0, 0.05) is 7.05 Å². The summed E-state index contributed by atoms with van der Waals surface area (Å²) in [4.78, 5) is 11.4. The monoisotopic (exact) mass is 276 g/mol.